The van der Waals surface area contributed by atoms with Gasteiger partial charge in [0.25, 0.3) is 0 Å². The third-order valence-electron chi connectivity index (χ3n) is 4.27. The first-order valence-electron chi connectivity index (χ1n) is 8.46. The van der Waals surface area contributed by atoms with Crippen molar-refractivity contribution in [2.75, 3.05) is 0 Å². The zero-order chi connectivity index (χ0) is 16.9. The van der Waals surface area contributed by atoms with Crippen LogP contribution in [0.5, 0.6) is 0 Å². The van der Waals surface area contributed by atoms with Crippen molar-refractivity contribution in [1.82, 2.24) is 0 Å². The first-order valence-corrected chi connectivity index (χ1v) is 19.1. The molecule has 2 aliphatic rings. The molecule has 0 spiro atoms. The van der Waals surface area contributed by atoms with Gasteiger partial charge < -0.3 is 24.8 Å². The van der Waals surface area contributed by atoms with E-state index in [4.69, 9.17) is 0 Å². The predicted molar refractivity (Wildman–Crippen MR) is 109 cm³/mol. The molecule has 6 rings (SSSR count). The van der Waals surface area contributed by atoms with Gasteiger partial charge in [-0.25, -0.2) is 0 Å². The molecule has 4 aromatic rings. The molecule has 2 bridgehead atoms. The van der Waals surface area contributed by atoms with E-state index in [-0.39, 0.29) is 56.1 Å². The second-order valence-electron chi connectivity index (χ2n) is 6.01. The molecule has 0 N–H and O–H groups in total. The standard InChI is InChI=1S/2C9H7.C4H4Si2.2ClH.Zr/c2*1-2-5-9-7-3-6-8(9)4-1;1-2-6-4-3-5-1;;;/h2*1-7H;1-4H;2*1H;/q2*-1;;;;/p-2. The Morgan fingerprint density at radius 2 is 0.963 bits per heavy atom. The van der Waals surface area contributed by atoms with Crippen molar-refractivity contribution in [3.63, 3.8) is 0 Å². The summed E-state index contributed by atoms with van der Waals surface area (Å²) in [6.45, 7) is 0. The van der Waals surface area contributed by atoms with Crippen LogP contribution >= 0.6 is 0 Å². The molecule has 0 radical (unpaired) electrons. The van der Waals surface area contributed by atoms with Gasteiger partial charge in [0, 0.05) is 0 Å². The molecule has 4 aromatic carbocycles. The van der Waals surface area contributed by atoms with Crippen LogP contribution in [0.4, 0.5) is 0 Å². The summed E-state index contributed by atoms with van der Waals surface area (Å²) in [5.74, 6) is 0. The van der Waals surface area contributed by atoms with E-state index in [9.17, 15) is 0 Å². The van der Waals surface area contributed by atoms with Crippen LogP contribution in [0.1, 0.15) is 0 Å². The molecule has 0 aromatic heterocycles. The molecule has 27 heavy (non-hydrogen) atoms. The second-order valence-corrected chi connectivity index (χ2v) is 24.2. The van der Waals surface area contributed by atoms with Gasteiger partial charge in [0.15, 0.2) is 0 Å². The molecule has 5 heteroatoms. The van der Waals surface area contributed by atoms with E-state index < -0.39 is 0 Å². The van der Waals surface area contributed by atoms with Gasteiger partial charge in [-0.1, -0.05) is 12.1 Å². The van der Waals surface area contributed by atoms with E-state index in [1.807, 2.05) is 0 Å². The van der Waals surface area contributed by atoms with E-state index >= 15 is 0 Å². The molecule has 0 amide bonds. The van der Waals surface area contributed by atoms with Crippen LogP contribution in [0.2, 0.25) is 0 Å². The Bertz CT molecular complexity index is 981. The number of rotatable bonds is 0. The Hall–Kier alpha value is -0.963. The third kappa shape index (κ3) is 6.01. The molecule has 0 aliphatic carbocycles. The Labute approximate surface area is 184 Å². The van der Waals surface area contributed by atoms with E-state index in [1.165, 1.54) is 21.5 Å². The van der Waals surface area contributed by atoms with E-state index in [0.717, 1.165) is 0 Å². The molecular weight excluding hydrogens is 483 g/mol. The maximum absolute atomic E-state index is 2.52. The quantitative estimate of drug-likeness (QED) is 0.225. The molecule has 0 fully saturated rings. The van der Waals surface area contributed by atoms with Crippen molar-refractivity contribution in [3.05, 3.63) is 108 Å². The summed E-state index contributed by atoms with van der Waals surface area (Å²) >= 11 is 0.243. The molecule has 2 aliphatic heterocycles. The summed E-state index contributed by atoms with van der Waals surface area (Å²) < 4.78 is 0. The SMILES string of the molecule is C1=C[Si]2=[Zr]=[Si]1C=C2.[Cl-].[Cl-].c1ccc2[cH-]ccc2c1.c1ccc2[cH-]ccc2c1. The van der Waals surface area contributed by atoms with Gasteiger partial charge in [0.05, 0.1) is 0 Å². The van der Waals surface area contributed by atoms with E-state index in [2.05, 4.69) is 108 Å². The van der Waals surface area contributed by atoms with Crippen molar-refractivity contribution >= 4 is 32.4 Å². The number of halogens is 2. The number of hydrogen-bond acceptors (Lipinski definition) is 0. The largest absolute Gasteiger partial charge is 1.00 e. The van der Waals surface area contributed by atoms with Crippen molar-refractivity contribution < 1.29 is 45.3 Å². The van der Waals surface area contributed by atoms with Crippen molar-refractivity contribution in [2.24, 2.45) is 0 Å². The summed E-state index contributed by atoms with van der Waals surface area (Å²) in [4.78, 5) is 0. The summed E-state index contributed by atoms with van der Waals surface area (Å²) in [5.41, 5.74) is 10.4. The van der Waals surface area contributed by atoms with Gasteiger partial charge in [0.1, 0.15) is 0 Å². The Balaban J connectivity index is 0.000000141. The Morgan fingerprint density at radius 3 is 1.30 bits per heavy atom. The van der Waals surface area contributed by atoms with Crippen molar-refractivity contribution in [3.8, 4) is 0 Å². The topological polar surface area (TPSA) is 0 Å². The zero-order valence-electron chi connectivity index (χ0n) is 14.6. The van der Waals surface area contributed by atoms with E-state index in [0.29, 0.717) is 0 Å². The van der Waals surface area contributed by atoms with Gasteiger partial charge in [-0.3, -0.25) is 0 Å². The molecule has 0 saturated carbocycles. The number of hydrogen-bond donors (Lipinski definition) is 0. The first kappa shape index (κ1) is 22.3. The Kier molecular flexibility index (Phi) is 9.21. The molecule has 0 nitrogen and oxygen atoms in total. The normalized spacial score (nSPS) is 12.1. The minimum absolute atomic E-state index is 0. The summed E-state index contributed by atoms with van der Waals surface area (Å²) in [7, 11) is 0. The fourth-order valence-corrected chi connectivity index (χ4v) is 30.8. The van der Waals surface area contributed by atoms with Gasteiger partial charge in [-0.05, 0) is 0 Å². The van der Waals surface area contributed by atoms with Crippen LogP contribution in [-0.4, -0.2) is 10.9 Å². The van der Waals surface area contributed by atoms with Gasteiger partial charge in [-0.15, -0.1) is 59.3 Å². The van der Waals surface area contributed by atoms with Crippen LogP contribution in [0.15, 0.2) is 108 Å². The smallest absolute Gasteiger partial charge is 0.0809 e. The monoisotopic (exact) mass is 498 g/mol. The number of benzene rings is 2. The van der Waals surface area contributed by atoms with Gasteiger partial charge >= 0.3 is 54.1 Å². The summed E-state index contributed by atoms with van der Waals surface area (Å²) in [6, 6.07) is 29.3. The minimum atomic E-state index is 0. The van der Waals surface area contributed by atoms with Gasteiger partial charge in [0.2, 0.25) is 0 Å². The summed E-state index contributed by atoms with van der Waals surface area (Å²) in [6.07, 6.45) is 0. The Morgan fingerprint density at radius 1 is 0.556 bits per heavy atom. The second kappa shape index (κ2) is 11.1. The van der Waals surface area contributed by atoms with Gasteiger partial charge in [-0.2, -0.15) is 35.0 Å². The summed E-state index contributed by atoms with van der Waals surface area (Å²) in [5, 5.41) is 5.32. The fraction of sp³-hybridized carbons (Fsp3) is 0. The van der Waals surface area contributed by atoms with Crippen molar-refractivity contribution in [2.45, 2.75) is 0 Å². The molecule has 0 saturated heterocycles. The maximum atomic E-state index is 2.52. The third-order valence-corrected chi connectivity index (χ3v) is 27.0. The van der Waals surface area contributed by atoms with Crippen LogP contribution in [0, 0.1) is 0 Å². The molecular formula is C22H18Cl2Si2Zr-4. The molecule has 136 valence electrons. The fourth-order valence-electron chi connectivity index (χ4n) is 2.94. The average Bonchev–Trinajstić information content (AvgIpc) is 3.47. The number of fused-ring (bicyclic) bond motifs is 2. The maximum Gasteiger partial charge on any atom is -0.0809 e. The minimum Gasteiger partial charge on any atom is -1.00 e. The van der Waals surface area contributed by atoms with Crippen LogP contribution < -0.4 is 24.8 Å². The van der Waals surface area contributed by atoms with E-state index in [1.54, 1.807) is 0 Å². The predicted octanol–water partition coefficient (Wildman–Crippen LogP) is -0.526. The van der Waals surface area contributed by atoms with Crippen LogP contribution in [0.25, 0.3) is 21.5 Å². The molecule has 0 atom stereocenters. The van der Waals surface area contributed by atoms with Crippen LogP contribution in [-0.2, 0) is 20.5 Å². The zero-order valence-corrected chi connectivity index (χ0v) is 20.6. The van der Waals surface area contributed by atoms with Crippen LogP contribution in [0.3, 0.4) is 0 Å². The molecule has 0 unspecified atom stereocenters. The van der Waals surface area contributed by atoms with Crippen molar-refractivity contribution in [1.29, 1.82) is 0 Å². The first-order chi connectivity index (χ1) is 12.4. The molecule has 2 heterocycles. The average molecular weight is 501 g/mol.